The molecule has 0 atom stereocenters. The molecule has 0 spiro atoms. The third-order valence-electron chi connectivity index (χ3n) is 3.62. The summed E-state index contributed by atoms with van der Waals surface area (Å²) in [6.07, 6.45) is 0. The Morgan fingerprint density at radius 1 is 1.04 bits per heavy atom. The molecule has 0 aliphatic carbocycles. The zero-order valence-electron chi connectivity index (χ0n) is 14.6. The normalized spacial score (nSPS) is 10.7. The van der Waals surface area contributed by atoms with Crippen molar-refractivity contribution in [1.29, 1.82) is 0 Å². The fourth-order valence-corrected chi connectivity index (χ4v) is 2.46. The van der Waals surface area contributed by atoms with Gasteiger partial charge < -0.3 is 14.8 Å². The molecule has 1 N–H and O–H groups in total. The summed E-state index contributed by atoms with van der Waals surface area (Å²) in [6, 6.07) is 14.4. The Balaban J connectivity index is 1.88. The molecule has 3 nitrogen and oxygen atoms in total. The lowest BCUT2D eigenvalue weighted by Gasteiger charge is -2.15. The van der Waals surface area contributed by atoms with Gasteiger partial charge in [-0.2, -0.15) is 0 Å². The molecular formula is C20H27NO2. The number of nitrogens with one attached hydrogen (secondary N) is 1. The van der Waals surface area contributed by atoms with E-state index in [0.717, 1.165) is 23.7 Å². The number of anilines is 1. The lowest BCUT2D eigenvalue weighted by molar-refractivity contribution is 0.327. The van der Waals surface area contributed by atoms with Crippen LogP contribution in [-0.4, -0.2) is 19.8 Å². The van der Waals surface area contributed by atoms with Crippen LogP contribution in [0.25, 0.3) is 0 Å². The van der Waals surface area contributed by atoms with Gasteiger partial charge in [-0.1, -0.05) is 32.0 Å². The molecule has 0 bridgehead atoms. The van der Waals surface area contributed by atoms with E-state index in [2.05, 4.69) is 44.3 Å². The zero-order valence-corrected chi connectivity index (χ0v) is 14.6. The molecular weight excluding hydrogens is 286 g/mol. The monoisotopic (exact) mass is 313 g/mol. The predicted octanol–water partition coefficient (Wildman–Crippen LogP) is 5.01. The minimum absolute atomic E-state index is 0.460. The molecule has 2 aromatic rings. The zero-order chi connectivity index (χ0) is 16.7. The third-order valence-corrected chi connectivity index (χ3v) is 3.62. The van der Waals surface area contributed by atoms with E-state index in [1.807, 2.05) is 31.2 Å². The third kappa shape index (κ3) is 5.20. The Hall–Kier alpha value is -2.16. The first-order valence-corrected chi connectivity index (χ1v) is 8.30. The summed E-state index contributed by atoms with van der Waals surface area (Å²) in [5.74, 6) is 2.34. The number of benzene rings is 2. The molecule has 0 radical (unpaired) electrons. The Morgan fingerprint density at radius 3 is 2.61 bits per heavy atom. The number of hydrogen-bond donors (Lipinski definition) is 1. The van der Waals surface area contributed by atoms with E-state index in [4.69, 9.17) is 9.47 Å². The molecule has 0 heterocycles. The van der Waals surface area contributed by atoms with E-state index in [9.17, 15) is 0 Å². The molecule has 124 valence electrons. The summed E-state index contributed by atoms with van der Waals surface area (Å²) in [5.41, 5.74) is 3.53. The number of rotatable bonds is 8. The van der Waals surface area contributed by atoms with E-state index in [1.165, 1.54) is 11.1 Å². The summed E-state index contributed by atoms with van der Waals surface area (Å²) in [7, 11) is 0. The number of aryl methyl sites for hydroxylation is 1. The molecule has 23 heavy (non-hydrogen) atoms. The van der Waals surface area contributed by atoms with E-state index >= 15 is 0 Å². The van der Waals surface area contributed by atoms with Gasteiger partial charge in [0.25, 0.3) is 0 Å². The quantitative estimate of drug-likeness (QED) is 0.695. The highest BCUT2D eigenvalue weighted by Gasteiger charge is 2.07. The SMILES string of the molecule is CCOc1cccc(NCCOc2cc(C)ccc2C(C)C)c1. The van der Waals surface area contributed by atoms with Crippen LogP contribution >= 0.6 is 0 Å². The van der Waals surface area contributed by atoms with E-state index in [-0.39, 0.29) is 0 Å². The molecule has 0 saturated heterocycles. The van der Waals surface area contributed by atoms with Crippen molar-refractivity contribution in [3.05, 3.63) is 53.6 Å². The van der Waals surface area contributed by atoms with Crippen molar-refractivity contribution in [1.82, 2.24) is 0 Å². The van der Waals surface area contributed by atoms with Crippen LogP contribution in [-0.2, 0) is 0 Å². The summed E-state index contributed by atoms with van der Waals surface area (Å²) < 4.78 is 11.5. The Bertz CT molecular complexity index is 623. The lowest BCUT2D eigenvalue weighted by atomic mass is 10.0. The van der Waals surface area contributed by atoms with Crippen LogP contribution in [0.4, 0.5) is 5.69 Å². The van der Waals surface area contributed by atoms with Crippen LogP contribution in [0.5, 0.6) is 11.5 Å². The van der Waals surface area contributed by atoms with E-state index < -0.39 is 0 Å². The maximum Gasteiger partial charge on any atom is 0.123 e. The Labute approximate surface area is 139 Å². The summed E-state index contributed by atoms with van der Waals surface area (Å²) in [5, 5.41) is 3.37. The minimum atomic E-state index is 0.460. The largest absolute Gasteiger partial charge is 0.494 e. The minimum Gasteiger partial charge on any atom is -0.494 e. The lowest BCUT2D eigenvalue weighted by Crippen LogP contribution is -2.12. The average molecular weight is 313 g/mol. The van der Waals surface area contributed by atoms with Gasteiger partial charge in [0.2, 0.25) is 0 Å². The standard InChI is InChI=1S/C20H27NO2/c1-5-22-18-8-6-7-17(14-18)21-11-12-23-20-13-16(4)9-10-19(20)15(2)3/h6-10,13-15,21H,5,11-12H2,1-4H3. The maximum atomic E-state index is 5.98. The highest BCUT2D eigenvalue weighted by atomic mass is 16.5. The molecule has 2 aromatic carbocycles. The smallest absolute Gasteiger partial charge is 0.123 e. The van der Waals surface area contributed by atoms with Crippen LogP contribution in [0, 0.1) is 6.92 Å². The highest BCUT2D eigenvalue weighted by Crippen LogP contribution is 2.27. The summed E-state index contributed by atoms with van der Waals surface area (Å²) in [4.78, 5) is 0. The van der Waals surface area contributed by atoms with Gasteiger partial charge in [0, 0.05) is 18.3 Å². The van der Waals surface area contributed by atoms with Crippen LogP contribution < -0.4 is 14.8 Å². The highest BCUT2D eigenvalue weighted by molar-refractivity contribution is 5.48. The molecule has 0 aromatic heterocycles. The topological polar surface area (TPSA) is 30.5 Å². The van der Waals surface area contributed by atoms with Crippen molar-refractivity contribution in [3.8, 4) is 11.5 Å². The molecule has 0 saturated carbocycles. The number of hydrogen-bond acceptors (Lipinski definition) is 3. The van der Waals surface area contributed by atoms with Crippen molar-refractivity contribution in [3.63, 3.8) is 0 Å². The van der Waals surface area contributed by atoms with Crippen molar-refractivity contribution in [2.75, 3.05) is 25.1 Å². The second-order valence-electron chi connectivity index (χ2n) is 5.93. The van der Waals surface area contributed by atoms with Crippen LogP contribution in [0.3, 0.4) is 0 Å². The average Bonchev–Trinajstić information content (AvgIpc) is 2.52. The fraction of sp³-hybridized carbons (Fsp3) is 0.400. The second kappa shape index (κ2) is 8.47. The maximum absolute atomic E-state index is 5.98. The van der Waals surface area contributed by atoms with Gasteiger partial charge in [-0.05, 0) is 49.1 Å². The number of ether oxygens (including phenoxy) is 2. The van der Waals surface area contributed by atoms with Gasteiger partial charge in [-0.3, -0.25) is 0 Å². The Morgan fingerprint density at radius 2 is 1.87 bits per heavy atom. The predicted molar refractivity (Wildman–Crippen MR) is 96.9 cm³/mol. The van der Waals surface area contributed by atoms with Gasteiger partial charge >= 0.3 is 0 Å². The Kier molecular flexibility index (Phi) is 6.33. The first-order chi connectivity index (χ1) is 11.1. The van der Waals surface area contributed by atoms with Gasteiger partial charge in [-0.25, -0.2) is 0 Å². The van der Waals surface area contributed by atoms with Crippen molar-refractivity contribution < 1.29 is 9.47 Å². The van der Waals surface area contributed by atoms with Crippen molar-refractivity contribution in [2.24, 2.45) is 0 Å². The summed E-state index contributed by atoms with van der Waals surface area (Å²) in [6.45, 7) is 10.5. The molecule has 2 rings (SSSR count). The van der Waals surface area contributed by atoms with Crippen LogP contribution in [0.1, 0.15) is 37.8 Å². The summed E-state index contributed by atoms with van der Waals surface area (Å²) >= 11 is 0. The molecule has 0 amide bonds. The second-order valence-corrected chi connectivity index (χ2v) is 5.93. The molecule has 0 fully saturated rings. The van der Waals surface area contributed by atoms with E-state index in [1.54, 1.807) is 0 Å². The van der Waals surface area contributed by atoms with Gasteiger partial charge in [0.15, 0.2) is 0 Å². The molecule has 0 aliphatic heterocycles. The first-order valence-electron chi connectivity index (χ1n) is 8.30. The van der Waals surface area contributed by atoms with Crippen LogP contribution in [0.2, 0.25) is 0 Å². The molecule has 0 aliphatic rings. The fourth-order valence-electron chi connectivity index (χ4n) is 2.46. The molecule has 0 unspecified atom stereocenters. The van der Waals surface area contributed by atoms with Gasteiger partial charge in [0.1, 0.15) is 18.1 Å². The van der Waals surface area contributed by atoms with Crippen LogP contribution in [0.15, 0.2) is 42.5 Å². The van der Waals surface area contributed by atoms with Gasteiger partial charge in [0.05, 0.1) is 6.61 Å². The first kappa shape index (κ1) is 17.2. The van der Waals surface area contributed by atoms with Crippen molar-refractivity contribution in [2.45, 2.75) is 33.6 Å². The van der Waals surface area contributed by atoms with Gasteiger partial charge in [-0.15, -0.1) is 0 Å². The van der Waals surface area contributed by atoms with E-state index in [0.29, 0.717) is 19.1 Å². The van der Waals surface area contributed by atoms with Crippen molar-refractivity contribution >= 4 is 5.69 Å². The molecule has 3 heteroatoms.